The number of hydrogen-bond acceptors (Lipinski definition) is 5. The summed E-state index contributed by atoms with van der Waals surface area (Å²) in [6.45, 7) is 4.00. The Morgan fingerprint density at radius 3 is 3.31 bits per heavy atom. The molecule has 6 heteroatoms. The van der Waals surface area contributed by atoms with E-state index in [1.807, 2.05) is 6.92 Å². The van der Waals surface area contributed by atoms with Gasteiger partial charge in [-0.05, 0) is 13.3 Å². The number of likely N-dealkylation sites (tertiary alicyclic amines) is 1. The van der Waals surface area contributed by atoms with Gasteiger partial charge in [-0.15, -0.1) is 0 Å². The van der Waals surface area contributed by atoms with Crippen LogP contribution in [-0.2, 0) is 9.53 Å². The molecule has 1 atom stereocenters. The number of nitrogens with zero attached hydrogens (tertiary/aromatic N) is 3. The van der Waals surface area contributed by atoms with Crippen molar-refractivity contribution in [3.8, 4) is 0 Å². The standard InChI is InChI=1S/C10H15N3O3/c1-2-15-6-9(14)13-4-3-8(5-13)10-11-7-16-12-10/h7-8H,2-6H2,1H3. The summed E-state index contributed by atoms with van der Waals surface area (Å²) in [4.78, 5) is 17.5. The third kappa shape index (κ3) is 2.38. The van der Waals surface area contributed by atoms with Crippen molar-refractivity contribution in [1.82, 2.24) is 15.0 Å². The summed E-state index contributed by atoms with van der Waals surface area (Å²) in [6.07, 6.45) is 2.21. The van der Waals surface area contributed by atoms with Gasteiger partial charge in [0.2, 0.25) is 12.3 Å². The zero-order valence-corrected chi connectivity index (χ0v) is 9.26. The topological polar surface area (TPSA) is 68.5 Å². The number of carbonyl (C=O) groups is 1. The number of aromatic nitrogens is 2. The lowest BCUT2D eigenvalue weighted by Gasteiger charge is -2.15. The molecule has 0 aromatic carbocycles. The maximum Gasteiger partial charge on any atom is 0.248 e. The molecule has 1 aromatic heterocycles. The molecule has 1 aliphatic rings. The molecule has 1 aliphatic heterocycles. The SMILES string of the molecule is CCOCC(=O)N1CCC(c2ncon2)C1. The molecule has 0 saturated carbocycles. The number of carbonyl (C=O) groups excluding carboxylic acids is 1. The molecule has 1 fully saturated rings. The van der Waals surface area contributed by atoms with Crippen LogP contribution in [0.25, 0.3) is 0 Å². The third-order valence-electron chi connectivity index (χ3n) is 2.71. The molecule has 2 heterocycles. The Kier molecular flexibility index (Phi) is 3.51. The molecule has 6 nitrogen and oxygen atoms in total. The molecule has 16 heavy (non-hydrogen) atoms. The van der Waals surface area contributed by atoms with Crippen molar-refractivity contribution >= 4 is 5.91 Å². The first-order valence-corrected chi connectivity index (χ1v) is 5.43. The fraction of sp³-hybridized carbons (Fsp3) is 0.700. The Morgan fingerprint density at radius 2 is 2.62 bits per heavy atom. The molecule has 88 valence electrons. The highest BCUT2D eigenvalue weighted by Crippen LogP contribution is 2.24. The van der Waals surface area contributed by atoms with E-state index in [-0.39, 0.29) is 18.4 Å². The van der Waals surface area contributed by atoms with Crippen LogP contribution in [0.3, 0.4) is 0 Å². The van der Waals surface area contributed by atoms with Gasteiger partial charge in [-0.25, -0.2) is 0 Å². The van der Waals surface area contributed by atoms with Crippen LogP contribution in [0.4, 0.5) is 0 Å². The summed E-state index contributed by atoms with van der Waals surface area (Å²) in [5, 5.41) is 3.80. The van der Waals surface area contributed by atoms with Gasteiger partial charge < -0.3 is 14.2 Å². The summed E-state index contributed by atoms with van der Waals surface area (Å²) in [5.74, 6) is 0.920. The summed E-state index contributed by atoms with van der Waals surface area (Å²) in [6, 6.07) is 0. The lowest BCUT2D eigenvalue weighted by molar-refractivity contribution is -0.134. The Hall–Kier alpha value is -1.43. The second-order valence-electron chi connectivity index (χ2n) is 3.75. The molecule has 0 spiro atoms. The van der Waals surface area contributed by atoms with Crippen LogP contribution in [0.5, 0.6) is 0 Å². The van der Waals surface area contributed by atoms with Crippen LogP contribution in [0.1, 0.15) is 25.1 Å². The van der Waals surface area contributed by atoms with E-state index in [4.69, 9.17) is 9.26 Å². The lowest BCUT2D eigenvalue weighted by Crippen LogP contribution is -2.31. The van der Waals surface area contributed by atoms with Crippen LogP contribution in [0.2, 0.25) is 0 Å². The molecule has 1 saturated heterocycles. The van der Waals surface area contributed by atoms with Crippen LogP contribution in [0.15, 0.2) is 10.9 Å². The Morgan fingerprint density at radius 1 is 1.75 bits per heavy atom. The van der Waals surface area contributed by atoms with Gasteiger partial charge in [0, 0.05) is 25.6 Å². The zero-order chi connectivity index (χ0) is 11.4. The fourth-order valence-electron chi connectivity index (χ4n) is 1.84. The van der Waals surface area contributed by atoms with Crippen molar-refractivity contribution in [2.24, 2.45) is 0 Å². The largest absolute Gasteiger partial charge is 0.372 e. The van der Waals surface area contributed by atoms with Crippen molar-refractivity contribution in [2.75, 3.05) is 26.3 Å². The van der Waals surface area contributed by atoms with Crippen LogP contribution < -0.4 is 0 Å². The van der Waals surface area contributed by atoms with Crippen LogP contribution >= 0.6 is 0 Å². The summed E-state index contributed by atoms with van der Waals surface area (Å²) >= 11 is 0. The minimum absolute atomic E-state index is 0.0350. The average Bonchev–Trinajstić information content (AvgIpc) is 2.94. The second-order valence-corrected chi connectivity index (χ2v) is 3.75. The van der Waals surface area contributed by atoms with Gasteiger partial charge in [-0.2, -0.15) is 4.98 Å². The van der Waals surface area contributed by atoms with Gasteiger partial charge in [0.25, 0.3) is 0 Å². The molecular formula is C10H15N3O3. The highest BCUT2D eigenvalue weighted by molar-refractivity contribution is 5.77. The molecule has 1 aromatic rings. The maximum atomic E-state index is 11.7. The first kappa shape index (κ1) is 11.1. The van der Waals surface area contributed by atoms with E-state index in [0.29, 0.717) is 19.0 Å². The van der Waals surface area contributed by atoms with E-state index < -0.39 is 0 Å². The van der Waals surface area contributed by atoms with E-state index >= 15 is 0 Å². The minimum atomic E-state index is 0.0350. The summed E-state index contributed by atoms with van der Waals surface area (Å²) in [5.41, 5.74) is 0. The van der Waals surface area contributed by atoms with E-state index in [1.54, 1.807) is 4.90 Å². The smallest absolute Gasteiger partial charge is 0.248 e. The van der Waals surface area contributed by atoms with E-state index in [0.717, 1.165) is 13.0 Å². The van der Waals surface area contributed by atoms with Crippen molar-refractivity contribution in [3.05, 3.63) is 12.2 Å². The lowest BCUT2D eigenvalue weighted by atomic mass is 10.1. The molecule has 0 aliphatic carbocycles. The summed E-state index contributed by atoms with van der Waals surface area (Å²) in [7, 11) is 0. The fourth-order valence-corrected chi connectivity index (χ4v) is 1.84. The van der Waals surface area contributed by atoms with Gasteiger partial charge in [0.15, 0.2) is 5.82 Å². The molecular weight excluding hydrogens is 210 g/mol. The molecule has 0 radical (unpaired) electrons. The number of hydrogen-bond donors (Lipinski definition) is 0. The number of rotatable bonds is 4. The van der Waals surface area contributed by atoms with Gasteiger partial charge in [0.05, 0.1) is 0 Å². The Bertz CT molecular complexity index is 339. The predicted octanol–water partition coefficient (Wildman–Crippen LogP) is 0.422. The van der Waals surface area contributed by atoms with Gasteiger partial charge in [-0.3, -0.25) is 4.79 Å². The van der Waals surface area contributed by atoms with E-state index in [1.165, 1.54) is 6.39 Å². The molecule has 1 unspecified atom stereocenters. The van der Waals surface area contributed by atoms with Crippen LogP contribution in [0, 0.1) is 0 Å². The normalized spacial score (nSPS) is 20.3. The van der Waals surface area contributed by atoms with Crippen LogP contribution in [-0.4, -0.2) is 47.3 Å². The van der Waals surface area contributed by atoms with Gasteiger partial charge in [0.1, 0.15) is 6.61 Å². The maximum absolute atomic E-state index is 11.7. The zero-order valence-electron chi connectivity index (χ0n) is 9.26. The highest BCUT2D eigenvalue weighted by atomic mass is 16.5. The Labute approximate surface area is 93.6 Å². The molecule has 1 amide bonds. The third-order valence-corrected chi connectivity index (χ3v) is 2.71. The van der Waals surface area contributed by atoms with Gasteiger partial charge in [-0.1, -0.05) is 5.16 Å². The first-order chi connectivity index (χ1) is 7.81. The summed E-state index contributed by atoms with van der Waals surface area (Å²) < 4.78 is 9.79. The monoisotopic (exact) mass is 225 g/mol. The molecule has 0 N–H and O–H groups in total. The Balaban J connectivity index is 1.86. The highest BCUT2D eigenvalue weighted by Gasteiger charge is 2.29. The number of ether oxygens (including phenoxy) is 1. The first-order valence-electron chi connectivity index (χ1n) is 5.43. The van der Waals surface area contributed by atoms with E-state index in [2.05, 4.69) is 10.1 Å². The molecule has 2 rings (SSSR count). The predicted molar refractivity (Wildman–Crippen MR) is 54.7 cm³/mol. The van der Waals surface area contributed by atoms with Crippen molar-refractivity contribution in [1.29, 1.82) is 0 Å². The van der Waals surface area contributed by atoms with Crippen molar-refractivity contribution < 1.29 is 14.1 Å². The quantitative estimate of drug-likeness (QED) is 0.743. The number of amides is 1. The van der Waals surface area contributed by atoms with Gasteiger partial charge >= 0.3 is 0 Å². The average molecular weight is 225 g/mol. The van der Waals surface area contributed by atoms with Crippen molar-refractivity contribution in [2.45, 2.75) is 19.3 Å². The second kappa shape index (κ2) is 5.07. The molecule has 0 bridgehead atoms. The van der Waals surface area contributed by atoms with Crippen molar-refractivity contribution in [3.63, 3.8) is 0 Å². The van der Waals surface area contributed by atoms with E-state index in [9.17, 15) is 4.79 Å². The minimum Gasteiger partial charge on any atom is -0.372 e.